The molecule has 1 heterocycles. The summed E-state index contributed by atoms with van der Waals surface area (Å²) in [5, 5.41) is 4.61. The molecule has 0 saturated carbocycles. The maximum Gasteiger partial charge on any atom is 0.246 e. The molecule has 0 aliphatic rings. The van der Waals surface area contributed by atoms with Crippen LogP contribution < -0.4 is 4.74 Å². The van der Waals surface area contributed by atoms with Crippen molar-refractivity contribution in [2.24, 2.45) is 0 Å². The van der Waals surface area contributed by atoms with E-state index >= 15 is 0 Å². The first-order valence-electron chi connectivity index (χ1n) is 9.70. The largest absolute Gasteiger partial charge is 0.492 e. The Kier molecular flexibility index (Phi) is 6.50. The van der Waals surface area contributed by atoms with Crippen molar-refractivity contribution in [2.45, 2.75) is 20.8 Å². The number of nitrogens with zero attached hydrogens (tertiary/aromatic N) is 3. The number of hydrogen-bond donors (Lipinski definition) is 0. The van der Waals surface area contributed by atoms with Gasteiger partial charge in [0.1, 0.15) is 12.4 Å². The Morgan fingerprint density at radius 3 is 2.59 bits per heavy atom. The van der Waals surface area contributed by atoms with Crippen molar-refractivity contribution < 1.29 is 9.53 Å². The van der Waals surface area contributed by atoms with Crippen LogP contribution >= 0.6 is 0 Å². The lowest BCUT2D eigenvalue weighted by Gasteiger charge is -2.15. The zero-order valence-electron chi connectivity index (χ0n) is 17.4. The normalized spacial score (nSPS) is 11.0. The summed E-state index contributed by atoms with van der Waals surface area (Å²) in [4.78, 5) is 14.1. The minimum atomic E-state index is -0.0656. The topological polar surface area (TPSA) is 47.4 Å². The van der Waals surface area contributed by atoms with Crippen LogP contribution in [-0.2, 0) is 4.79 Å². The van der Waals surface area contributed by atoms with Crippen LogP contribution in [0.2, 0.25) is 0 Å². The maximum absolute atomic E-state index is 12.5. The van der Waals surface area contributed by atoms with Crippen LogP contribution in [0.3, 0.4) is 0 Å². The van der Waals surface area contributed by atoms with Crippen LogP contribution in [0.5, 0.6) is 5.75 Å². The second kappa shape index (κ2) is 9.24. The minimum Gasteiger partial charge on any atom is -0.492 e. The van der Waals surface area contributed by atoms with E-state index in [1.807, 2.05) is 86.1 Å². The van der Waals surface area contributed by atoms with Gasteiger partial charge in [0.15, 0.2) is 0 Å². The van der Waals surface area contributed by atoms with Gasteiger partial charge in [-0.25, -0.2) is 4.68 Å². The Labute approximate surface area is 172 Å². The Hall–Kier alpha value is -3.34. The molecule has 0 radical (unpaired) electrons. The van der Waals surface area contributed by atoms with E-state index in [2.05, 4.69) is 5.10 Å². The van der Waals surface area contributed by atoms with Crippen molar-refractivity contribution in [1.82, 2.24) is 14.7 Å². The molecule has 5 nitrogen and oxygen atoms in total. The smallest absolute Gasteiger partial charge is 0.246 e. The number of ether oxygens (including phenoxy) is 1. The molecule has 0 aliphatic heterocycles. The molecule has 0 spiro atoms. The highest BCUT2D eigenvalue weighted by molar-refractivity contribution is 5.91. The third kappa shape index (κ3) is 5.13. The summed E-state index contributed by atoms with van der Waals surface area (Å²) in [7, 11) is 1.78. The molecule has 1 amide bonds. The van der Waals surface area contributed by atoms with Crippen molar-refractivity contribution in [3.8, 4) is 11.4 Å². The standard InChI is InChI=1S/C24H27N3O2/c1-18-9-8-12-22(17-18)29-16-15-26(4)24(28)14-13-23-19(2)25-27(20(23)3)21-10-6-5-7-11-21/h5-14,17H,15-16H2,1-4H3. The van der Waals surface area contributed by atoms with Crippen LogP contribution in [-0.4, -0.2) is 40.8 Å². The van der Waals surface area contributed by atoms with E-state index in [-0.39, 0.29) is 5.91 Å². The summed E-state index contributed by atoms with van der Waals surface area (Å²) in [6.45, 7) is 6.95. The van der Waals surface area contributed by atoms with E-state index in [0.717, 1.165) is 34.0 Å². The molecule has 0 saturated heterocycles. The molecule has 3 aromatic rings. The van der Waals surface area contributed by atoms with E-state index in [9.17, 15) is 4.79 Å². The average Bonchev–Trinajstić information content (AvgIpc) is 3.00. The van der Waals surface area contributed by atoms with Crippen molar-refractivity contribution in [3.63, 3.8) is 0 Å². The lowest BCUT2D eigenvalue weighted by atomic mass is 10.2. The van der Waals surface area contributed by atoms with E-state index < -0.39 is 0 Å². The molecule has 0 bridgehead atoms. The second-order valence-electron chi connectivity index (χ2n) is 7.09. The summed E-state index contributed by atoms with van der Waals surface area (Å²) < 4.78 is 7.63. The summed E-state index contributed by atoms with van der Waals surface area (Å²) in [6, 6.07) is 17.9. The molecular formula is C24H27N3O2. The van der Waals surface area contributed by atoms with Gasteiger partial charge in [-0.05, 0) is 56.7 Å². The predicted molar refractivity (Wildman–Crippen MR) is 116 cm³/mol. The van der Waals surface area contributed by atoms with Crippen molar-refractivity contribution in [3.05, 3.63) is 83.2 Å². The quantitative estimate of drug-likeness (QED) is 0.565. The summed E-state index contributed by atoms with van der Waals surface area (Å²) in [6.07, 6.45) is 3.44. The van der Waals surface area contributed by atoms with E-state index in [4.69, 9.17) is 4.74 Å². The molecular weight excluding hydrogens is 362 g/mol. The average molecular weight is 389 g/mol. The zero-order chi connectivity index (χ0) is 20.8. The van der Waals surface area contributed by atoms with Crippen LogP contribution in [0.4, 0.5) is 0 Å². The van der Waals surface area contributed by atoms with Gasteiger partial charge in [-0.2, -0.15) is 5.10 Å². The fourth-order valence-corrected chi connectivity index (χ4v) is 3.11. The summed E-state index contributed by atoms with van der Waals surface area (Å²) in [5.74, 6) is 0.755. The molecule has 0 atom stereocenters. The highest BCUT2D eigenvalue weighted by Gasteiger charge is 2.11. The SMILES string of the molecule is Cc1cccc(OCCN(C)C(=O)C=Cc2c(C)nn(-c3ccccc3)c2C)c1. The molecule has 3 rings (SSSR count). The molecule has 0 unspecified atom stereocenters. The van der Waals surface area contributed by atoms with Gasteiger partial charge >= 0.3 is 0 Å². The van der Waals surface area contributed by atoms with Gasteiger partial charge in [0.25, 0.3) is 0 Å². The number of carbonyl (C=O) groups is 1. The molecule has 150 valence electrons. The Bertz CT molecular complexity index is 1010. The molecule has 2 aromatic carbocycles. The van der Waals surface area contributed by atoms with Crippen molar-refractivity contribution in [2.75, 3.05) is 20.2 Å². The first kappa shape index (κ1) is 20.4. The van der Waals surface area contributed by atoms with Gasteiger partial charge in [0, 0.05) is 24.4 Å². The van der Waals surface area contributed by atoms with Gasteiger partial charge < -0.3 is 9.64 Å². The number of likely N-dealkylation sites (N-methyl/N-ethyl adjacent to an activating group) is 1. The molecule has 0 fully saturated rings. The lowest BCUT2D eigenvalue weighted by molar-refractivity contribution is -0.125. The van der Waals surface area contributed by atoms with Crippen LogP contribution in [0.15, 0.2) is 60.7 Å². The molecule has 1 aromatic heterocycles. The number of rotatable bonds is 7. The van der Waals surface area contributed by atoms with Gasteiger partial charge in [-0.1, -0.05) is 30.3 Å². The van der Waals surface area contributed by atoms with Gasteiger partial charge in [-0.15, -0.1) is 0 Å². The Balaban J connectivity index is 1.60. The van der Waals surface area contributed by atoms with Crippen molar-refractivity contribution >= 4 is 12.0 Å². The van der Waals surface area contributed by atoms with E-state index in [0.29, 0.717) is 13.2 Å². The highest BCUT2D eigenvalue weighted by Crippen LogP contribution is 2.19. The minimum absolute atomic E-state index is 0.0656. The van der Waals surface area contributed by atoms with Gasteiger partial charge in [-0.3, -0.25) is 4.79 Å². The maximum atomic E-state index is 12.5. The van der Waals surface area contributed by atoms with Crippen LogP contribution in [0, 0.1) is 20.8 Å². The Morgan fingerprint density at radius 1 is 1.10 bits per heavy atom. The van der Waals surface area contributed by atoms with Crippen molar-refractivity contribution in [1.29, 1.82) is 0 Å². The molecule has 29 heavy (non-hydrogen) atoms. The zero-order valence-corrected chi connectivity index (χ0v) is 17.4. The first-order valence-corrected chi connectivity index (χ1v) is 9.70. The van der Waals surface area contributed by atoms with E-state index in [1.54, 1.807) is 18.0 Å². The number of amides is 1. The molecule has 0 N–H and O–H groups in total. The number of hydrogen-bond acceptors (Lipinski definition) is 3. The number of aromatic nitrogens is 2. The third-order valence-electron chi connectivity index (χ3n) is 4.80. The second-order valence-corrected chi connectivity index (χ2v) is 7.09. The third-order valence-corrected chi connectivity index (χ3v) is 4.80. The number of aryl methyl sites for hydroxylation is 2. The number of carbonyl (C=O) groups excluding carboxylic acids is 1. The molecule has 5 heteroatoms. The number of para-hydroxylation sites is 1. The highest BCUT2D eigenvalue weighted by atomic mass is 16.5. The Morgan fingerprint density at radius 2 is 1.86 bits per heavy atom. The van der Waals surface area contributed by atoms with Gasteiger partial charge in [0.05, 0.1) is 17.9 Å². The monoisotopic (exact) mass is 389 g/mol. The van der Waals surface area contributed by atoms with Crippen LogP contribution in [0.1, 0.15) is 22.5 Å². The lowest BCUT2D eigenvalue weighted by Crippen LogP contribution is -2.29. The first-order chi connectivity index (χ1) is 14.0. The fourth-order valence-electron chi connectivity index (χ4n) is 3.11. The predicted octanol–water partition coefficient (Wildman–Crippen LogP) is 4.35. The van der Waals surface area contributed by atoms with Crippen LogP contribution in [0.25, 0.3) is 11.8 Å². The van der Waals surface area contributed by atoms with E-state index in [1.165, 1.54) is 0 Å². The van der Waals surface area contributed by atoms with Gasteiger partial charge in [0.2, 0.25) is 5.91 Å². The number of benzene rings is 2. The fraction of sp³-hybridized carbons (Fsp3) is 0.250. The molecule has 0 aliphatic carbocycles. The summed E-state index contributed by atoms with van der Waals surface area (Å²) >= 11 is 0. The summed E-state index contributed by atoms with van der Waals surface area (Å²) in [5.41, 5.74) is 5.01.